The molecule has 1 fully saturated rings. The van der Waals surface area contributed by atoms with Gasteiger partial charge >= 0.3 is 0 Å². The van der Waals surface area contributed by atoms with Gasteiger partial charge in [0, 0.05) is 38.1 Å². The van der Waals surface area contributed by atoms with E-state index < -0.39 is 5.91 Å². The molecule has 10 nitrogen and oxygen atoms in total. The van der Waals surface area contributed by atoms with Crippen LogP contribution in [0.15, 0.2) is 53.3 Å². The monoisotopic (exact) mass is 436 g/mol. The van der Waals surface area contributed by atoms with E-state index in [1.807, 2.05) is 11.8 Å². The highest BCUT2D eigenvalue weighted by molar-refractivity contribution is 6.07. The van der Waals surface area contributed by atoms with Crippen LogP contribution in [-0.2, 0) is 0 Å². The summed E-state index contributed by atoms with van der Waals surface area (Å²) in [7, 11) is 0. The second kappa shape index (κ2) is 9.38. The number of ether oxygens (including phenoxy) is 1. The fourth-order valence-electron chi connectivity index (χ4n) is 3.38. The third-order valence-corrected chi connectivity index (χ3v) is 5.06. The lowest BCUT2D eigenvalue weighted by Crippen LogP contribution is -2.49. The molecule has 1 saturated heterocycles. The van der Waals surface area contributed by atoms with E-state index in [4.69, 9.17) is 14.9 Å². The molecular formula is C22H24N6O4. The lowest BCUT2D eigenvalue weighted by Gasteiger charge is -2.34. The smallest absolute Gasteiger partial charge is 0.289 e. The normalized spacial score (nSPS) is 13.7. The van der Waals surface area contributed by atoms with Gasteiger partial charge in [0.15, 0.2) is 5.76 Å². The fourth-order valence-corrected chi connectivity index (χ4v) is 3.38. The standard InChI is InChI=1S/C22H24N6O4/c1-2-31-16-7-5-15(6-8-16)25-20(29)17-14-24-22(26-19(17)23)28-11-9-27(10-12-28)21(30)18-4-3-13-32-18/h3-8,13-14H,2,9-12H2,1H3,(H,25,29)(H2,23,24,26). The summed E-state index contributed by atoms with van der Waals surface area (Å²) in [5.74, 6) is 1.02. The summed E-state index contributed by atoms with van der Waals surface area (Å²) in [4.78, 5) is 37.3. The van der Waals surface area contributed by atoms with Gasteiger partial charge in [-0.25, -0.2) is 4.98 Å². The molecule has 3 aromatic rings. The van der Waals surface area contributed by atoms with Crippen molar-refractivity contribution in [3.63, 3.8) is 0 Å². The topological polar surface area (TPSA) is 127 Å². The molecular weight excluding hydrogens is 412 g/mol. The summed E-state index contributed by atoms with van der Waals surface area (Å²) in [5.41, 5.74) is 6.85. The molecule has 32 heavy (non-hydrogen) atoms. The van der Waals surface area contributed by atoms with Crippen molar-refractivity contribution < 1.29 is 18.7 Å². The second-order valence-corrected chi connectivity index (χ2v) is 7.14. The summed E-state index contributed by atoms with van der Waals surface area (Å²) < 4.78 is 10.6. The van der Waals surface area contributed by atoms with Gasteiger partial charge in [-0.05, 0) is 43.3 Å². The van der Waals surface area contributed by atoms with Crippen LogP contribution in [0.1, 0.15) is 27.8 Å². The Morgan fingerprint density at radius 1 is 1.16 bits per heavy atom. The number of furan rings is 1. The molecule has 0 aliphatic carbocycles. The number of aromatic nitrogens is 2. The van der Waals surface area contributed by atoms with Gasteiger partial charge in [-0.1, -0.05) is 0 Å². The van der Waals surface area contributed by atoms with Crippen molar-refractivity contribution in [3.8, 4) is 5.75 Å². The van der Waals surface area contributed by atoms with Gasteiger partial charge in [0.25, 0.3) is 11.8 Å². The molecule has 0 saturated carbocycles. The molecule has 0 unspecified atom stereocenters. The number of carbonyl (C=O) groups excluding carboxylic acids is 2. The van der Waals surface area contributed by atoms with E-state index in [2.05, 4.69) is 15.3 Å². The van der Waals surface area contributed by atoms with E-state index in [0.29, 0.717) is 50.2 Å². The molecule has 2 amide bonds. The zero-order valence-corrected chi connectivity index (χ0v) is 17.7. The first kappa shape index (κ1) is 21.2. The number of nitrogens with zero attached hydrogens (tertiary/aromatic N) is 4. The molecule has 0 atom stereocenters. The predicted molar refractivity (Wildman–Crippen MR) is 119 cm³/mol. The number of hydrogen-bond donors (Lipinski definition) is 2. The Hall–Kier alpha value is -4.08. The van der Waals surface area contributed by atoms with Crippen LogP contribution in [-0.4, -0.2) is 59.5 Å². The highest BCUT2D eigenvalue weighted by atomic mass is 16.5. The summed E-state index contributed by atoms with van der Waals surface area (Å²) in [6.07, 6.45) is 2.90. The van der Waals surface area contributed by atoms with Crippen molar-refractivity contribution in [1.29, 1.82) is 0 Å². The minimum atomic E-state index is -0.396. The van der Waals surface area contributed by atoms with Crippen molar-refractivity contribution in [2.75, 3.05) is 48.7 Å². The highest BCUT2D eigenvalue weighted by Crippen LogP contribution is 2.20. The Bertz CT molecular complexity index is 1080. The van der Waals surface area contributed by atoms with Crippen molar-refractivity contribution >= 4 is 29.3 Å². The summed E-state index contributed by atoms with van der Waals surface area (Å²) in [6, 6.07) is 10.4. The average molecular weight is 436 g/mol. The number of nitrogen functional groups attached to an aromatic ring is 1. The third kappa shape index (κ3) is 4.64. The maximum absolute atomic E-state index is 12.6. The molecule has 4 rings (SSSR count). The van der Waals surface area contributed by atoms with Crippen LogP contribution in [0.3, 0.4) is 0 Å². The molecule has 0 bridgehead atoms. The number of hydrogen-bond acceptors (Lipinski definition) is 8. The van der Waals surface area contributed by atoms with E-state index >= 15 is 0 Å². The number of anilines is 3. The largest absolute Gasteiger partial charge is 0.494 e. The number of piperazine rings is 1. The lowest BCUT2D eigenvalue weighted by atomic mass is 10.2. The predicted octanol–water partition coefficient (Wildman–Crippen LogP) is 2.27. The maximum atomic E-state index is 12.6. The maximum Gasteiger partial charge on any atom is 0.289 e. The zero-order valence-electron chi connectivity index (χ0n) is 17.7. The van der Waals surface area contributed by atoms with E-state index in [-0.39, 0.29) is 17.3 Å². The van der Waals surface area contributed by atoms with Gasteiger partial charge in [-0.3, -0.25) is 9.59 Å². The van der Waals surface area contributed by atoms with Gasteiger partial charge < -0.3 is 30.0 Å². The van der Waals surface area contributed by atoms with E-state index in [9.17, 15) is 9.59 Å². The molecule has 3 N–H and O–H groups in total. The van der Waals surface area contributed by atoms with Crippen molar-refractivity contribution in [1.82, 2.24) is 14.9 Å². The molecule has 0 radical (unpaired) electrons. The minimum absolute atomic E-state index is 0.0903. The number of amides is 2. The molecule has 2 aromatic heterocycles. The second-order valence-electron chi connectivity index (χ2n) is 7.14. The fraction of sp³-hybridized carbons (Fsp3) is 0.273. The van der Waals surface area contributed by atoms with Gasteiger partial charge in [-0.15, -0.1) is 0 Å². The number of rotatable bonds is 6. The zero-order chi connectivity index (χ0) is 22.5. The van der Waals surface area contributed by atoms with E-state index in [1.54, 1.807) is 41.3 Å². The first-order valence-electron chi connectivity index (χ1n) is 10.3. The number of nitrogens with one attached hydrogen (secondary N) is 1. The summed E-state index contributed by atoms with van der Waals surface area (Å²) in [6.45, 7) is 4.57. The van der Waals surface area contributed by atoms with Crippen LogP contribution in [0.5, 0.6) is 5.75 Å². The Morgan fingerprint density at radius 2 is 1.91 bits per heavy atom. The average Bonchev–Trinajstić information content (AvgIpc) is 3.35. The highest BCUT2D eigenvalue weighted by Gasteiger charge is 2.25. The summed E-state index contributed by atoms with van der Waals surface area (Å²) >= 11 is 0. The van der Waals surface area contributed by atoms with E-state index in [0.717, 1.165) is 5.75 Å². The Kier molecular flexibility index (Phi) is 6.20. The first-order chi connectivity index (χ1) is 15.5. The minimum Gasteiger partial charge on any atom is -0.494 e. The van der Waals surface area contributed by atoms with Gasteiger partial charge in [0.05, 0.1) is 12.9 Å². The Morgan fingerprint density at radius 3 is 2.53 bits per heavy atom. The Balaban J connectivity index is 1.37. The quantitative estimate of drug-likeness (QED) is 0.602. The van der Waals surface area contributed by atoms with Crippen molar-refractivity contribution in [2.45, 2.75) is 6.92 Å². The van der Waals surface area contributed by atoms with Gasteiger partial charge in [0.2, 0.25) is 5.95 Å². The number of carbonyl (C=O) groups is 2. The van der Waals surface area contributed by atoms with Crippen LogP contribution in [0, 0.1) is 0 Å². The van der Waals surface area contributed by atoms with Crippen LogP contribution < -0.4 is 20.7 Å². The van der Waals surface area contributed by atoms with E-state index in [1.165, 1.54) is 12.5 Å². The molecule has 10 heteroatoms. The van der Waals surface area contributed by atoms with Crippen molar-refractivity contribution in [3.05, 3.63) is 60.2 Å². The summed E-state index contributed by atoms with van der Waals surface area (Å²) in [5, 5.41) is 2.78. The number of benzene rings is 1. The Labute approximate surface area is 185 Å². The molecule has 0 spiro atoms. The molecule has 1 aliphatic heterocycles. The van der Waals surface area contributed by atoms with Gasteiger partial charge in [0.1, 0.15) is 17.1 Å². The van der Waals surface area contributed by atoms with Crippen molar-refractivity contribution in [2.24, 2.45) is 0 Å². The van der Waals surface area contributed by atoms with Gasteiger partial charge in [-0.2, -0.15) is 4.98 Å². The van der Waals surface area contributed by atoms with Crippen LogP contribution >= 0.6 is 0 Å². The molecule has 3 heterocycles. The first-order valence-corrected chi connectivity index (χ1v) is 10.3. The SMILES string of the molecule is CCOc1ccc(NC(=O)c2cnc(N3CCN(C(=O)c4ccco4)CC3)nc2N)cc1. The van der Waals surface area contributed by atoms with Crippen LogP contribution in [0.25, 0.3) is 0 Å². The molecule has 1 aliphatic rings. The molecule has 1 aromatic carbocycles. The lowest BCUT2D eigenvalue weighted by molar-refractivity contribution is 0.0714. The van der Waals surface area contributed by atoms with Crippen LogP contribution in [0.2, 0.25) is 0 Å². The third-order valence-electron chi connectivity index (χ3n) is 5.06. The number of nitrogens with two attached hydrogens (primary N) is 1. The molecule has 166 valence electrons. The van der Waals surface area contributed by atoms with Crippen LogP contribution in [0.4, 0.5) is 17.5 Å².